The first-order chi connectivity index (χ1) is 13.3. The third kappa shape index (κ3) is 6.22. The number of thioether (sulfide) groups is 1. The van der Waals surface area contributed by atoms with Crippen LogP contribution >= 0.6 is 23.4 Å². The molecule has 1 N–H and O–H groups in total. The highest BCUT2D eigenvalue weighted by Gasteiger charge is 2.19. The normalized spacial score (nSPS) is 12.5. The van der Waals surface area contributed by atoms with E-state index in [0.717, 1.165) is 6.42 Å². The summed E-state index contributed by atoms with van der Waals surface area (Å²) in [7, 11) is 0. The fourth-order valence-electron chi connectivity index (χ4n) is 2.61. The zero-order valence-electron chi connectivity index (χ0n) is 16.8. The number of benzene rings is 1. The summed E-state index contributed by atoms with van der Waals surface area (Å²) in [4.78, 5) is 29.9. The van der Waals surface area contributed by atoms with Gasteiger partial charge in [0.25, 0.3) is 5.56 Å². The summed E-state index contributed by atoms with van der Waals surface area (Å²) in [6.07, 6.45) is 1.70. The van der Waals surface area contributed by atoms with Gasteiger partial charge in [-0.3, -0.25) is 14.2 Å². The lowest BCUT2D eigenvalue weighted by molar-refractivity contribution is -0.120. The molecule has 2 rings (SSSR count). The van der Waals surface area contributed by atoms with Crippen molar-refractivity contribution < 1.29 is 9.53 Å². The second-order valence-corrected chi connectivity index (χ2v) is 8.58. The highest BCUT2D eigenvalue weighted by Crippen LogP contribution is 2.24. The van der Waals surface area contributed by atoms with Crippen molar-refractivity contribution in [2.75, 3.05) is 13.2 Å². The van der Waals surface area contributed by atoms with Crippen LogP contribution < -0.4 is 10.9 Å². The summed E-state index contributed by atoms with van der Waals surface area (Å²) in [5, 5.41) is 4.07. The van der Waals surface area contributed by atoms with Crippen molar-refractivity contribution >= 4 is 40.2 Å². The lowest BCUT2D eigenvalue weighted by atomic mass is 10.2. The Balaban J connectivity index is 2.32. The number of aromatic nitrogens is 2. The number of hydrogen-bond acceptors (Lipinski definition) is 5. The van der Waals surface area contributed by atoms with Gasteiger partial charge in [-0.15, -0.1) is 0 Å². The van der Waals surface area contributed by atoms with Gasteiger partial charge in [-0.25, -0.2) is 4.98 Å². The molecule has 0 radical (unpaired) electrons. The summed E-state index contributed by atoms with van der Waals surface area (Å²) in [5.41, 5.74) is 0.408. The minimum absolute atomic E-state index is 0.0676. The highest BCUT2D eigenvalue weighted by atomic mass is 35.5. The minimum atomic E-state index is -0.367. The Labute approximate surface area is 175 Å². The van der Waals surface area contributed by atoms with Crippen LogP contribution in [0, 0.1) is 0 Å². The number of nitrogens with zero attached hydrogens (tertiary/aromatic N) is 2. The van der Waals surface area contributed by atoms with Crippen molar-refractivity contribution in [1.29, 1.82) is 0 Å². The summed E-state index contributed by atoms with van der Waals surface area (Å²) >= 11 is 7.36. The van der Waals surface area contributed by atoms with Crippen LogP contribution in [0.1, 0.15) is 40.5 Å². The molecule has 1 atom stereocenters. The molecule has 6 nitrogen and oxygen atoms in total. The fraction of sp³-hybridized carbons (Fsp3) is 0.550. The van der Waals surface area contributed by atoms with Crippen molar-refractivity contribution in [3.05, 3.63) is 33.6 Å². The van der Waals surface area contributed by atoms with E-state index in [-0.39, 0.29) is 22.8 Å². The molecule has 8 heteroatoms. The van der Waals surface area contributed by atoms with Crippen molar-refractivity contribution in [2.45, 2.75) is 63.6 Å². The smallest absolute Gasteiger partial charge is 0.262 e. The maximum absolute atomic E-state index is 13.0. The third-order valence-electron chi connectivity index (χ3n) is 4.06. The molecule has 0 aliphatic carbocycles. The maximum Gasteiger partial charge on any atom is 0.262 e. The van der Waals surface area contributed by atoms with Crippen LogP contribution in [0.25, 0.3) is 10.9 Å². The zero-order valence-corrected chi connectivity index (χ0v) is 18.4. The number of fused-ring (bicyclic) bond motifs is 1. The van der Waals surface area contributed by atoms with Crippen LogP contribution in [0.4, 0.5) is 0 Å². The van der Waals surface area contributed by atoms with E-state index in [1.165, 1.54) is 11.8 Å². The monoisotopic (exact) mass is 425 g/mol. The van der Waals surface area contributed by atoms with Gasteiger partial charge in [-0.1, -0.05) is 30.3 Å². The molecule has 2 aromatic rings. The first kappa shape index (κ1) is 22.7. The second kappa shape index (κ2) is 10.8. The average Bonchev–Trinajstić information content (AvgIpc) is 2.64. The van der Waals surface area contributed by atoms with Crippen molar-refractivity contribution in [3.8, 4) is 0 Å². The van der Waals surface area contributed by atoms with E-state index in [1.807, 2.05) is 27.7 Å². The van der Waals surface area contributed by atoms with Crippen LogP contribution in [-0.2, 0) is 16.1 Å². The van der Waals surface area contributed by atoms with E-state index in [4.69, 9.17) is 16.3 Å². The number of ether oxygens (including phenoxy) is 1. The number of amides is 1. The Morgan fingerprint density at radius 3 is 2.79 bits per heavy atom. The molecule has 154 valence electrons. The Kier molecular flexibility index (Phi) is 8.79. The van der Waals surface area contributed by atoms with Gasteiger partial charge in [0.15, 0.2) is 5.16 Å². The summed E-state index contributed by atoms with van der Waals surface area (Å²) in [5.74, 6) is -0.0676. The second-order valence-electron chi connectivity index (χ2n) is 6.84. The first-order valence-corrected chi connectivity index (χ1v) is 10.8. The van der Waals surface area contributed by atoms with Gasteiger partial charge in [0.05, 0.1) is 22.3 Å². The number of rotatable bonds is 10. The molecule has 1 amide bonds. The van der Waals surface area contributed by atoms with E-state index in [9.17, 15) is 9.59 Å². The minimum Gasteiger partial charge on any atom is -0.379 e. The summed E-state index contributed by atoms with van der Waals surface area (Å²) in [6.45, 7) is 9.43. The lowest BCUT2D eigenvalue weighted by Crippen LogP contribution is -2.32. The predicted molar refractivity (Wildman–Crippen MR) is 115 cm³/mol. The van der Waals surface area contributed by atoms with Crippen molar-refractivity contribution in [3.63, 3.8) is 0 Å². The van der Waals surface area contributed by atoms with E-state index in [0.29, 0.717) is 47.2 Å². The molecule has 1 aromatic heterocycles. The number of carbonyl (C=O) groups is 1. The molecule has 0 aliphatic rings. The van der Waals surface area contributed by atoms with E-state index in [1.54, 1.807) is 22.8 Å². The summed E-state index contributed by atoms with van der Waals surface area (Å²) < 4.78 is 7.22. The molecule has 0 bridgehead atoms. The van der Waals surface area contributed by atoms with Crippen molar-refractivity contribution in [2.24, 2.45) is 0 Å². The van der Waals surface area contributed by atoms with Crippen LogP contribution in [0.3, 0.4) is 0 Å². The Hall–Kier alpha value is -1.57. The number of halogens is 1. The molecule has 0 saturated carbocycles. The molecule has 1 aromatic carbocycles. The van der Waals surface area contributed by atoms with Crippen LogP contribution in [0.5, 0.6) is 0 Å². The standard InChI is InChI=1S/C20H28ClN3O3S/c1-5-9-22-18(25)14(4)28-20-23-17-12-15(21)7-8-16(17)19(26)24(20)10-6-11-27-13(2)3/h7-8,12-14H,5-6,9-11H2,1-4H3,(H,22,25)/t14-/m1/s1. The Bertz CT molecular complexity index is 870. The quantitative estimate of drug-likeness (QED) is 0.355. The molecule has 1 heterocycles. The van der Waals surface area contributed by atoms with E-state index < -0.39 is 0 Å². The molecule has 0 saturated heterocycles. The molecule has 0 unspecified atom stereocenters. The number of hydrogen-bond donors (Lipinski definition) is 1. The Morgan fingerprint density at radius 2 is 2.11 bits per heavy atom. The Morgan fingerprint density at radius 1 is 1.36 bits per heavy atom. The van der Waals surface area contributed by atoms with Gasteiger partial charge in [-0.2, -0.15) is 0 Å². The van der Waals surface area contributed by atoms with Gasteiger partial charge in [-0.05, 0) is 51.8 Å². The van der Waals surface area contributed by atoms with Crippen LogP contribution in [0.15, 0.2) is 28.2 Å². The van der Waals surface area contributed by atoms with Crippen LogP contribution in [-0.4, -0.2) is 40.0 Å². The van der Waals surface area contributed by atoms with Gasteiger partial charge in [0.2, 0.25) is 5.91 Å². The van der Waals surface area contributed by atoms with Gasteiger partial charge in [0, 0.05) is 24.7 Å². The van der Waals surface area contributed by atoms with Gasteiger partial charge < -0.3 is 10.1 Å². The van der Waals surface area contributed by atoms with E-state index >= 15 is 0 Å². The molecule has 28 heavy (non-hydrogen) atoms. The highest BCUT2D eigenvalue weighted by molar-refractivity contribution is 8.00. The predicted octanol–water partition coefficient (Wildman–Crippen LogP) is 3.87. The number of nitrogens with one attached hydrogen (secondary N) is 1. The van der Waals surface area contributed by atoms with Crippen LogP contribution in [0.2, 0.25) is 5.02 Å². The fourth-order valence-corrected chi connectivity index (χ4v) is 3.73. The topological polar surface area (TPSA) is 73.2 Å². The van der Waals surface area contributed by atoms with Gasteiger partial charge >= 0.3 is 0 Å². The van der Waals surface area contributed by atoms with E-state index in [2.05, 4.69) is 10.3 Å². The molecular weight excluding hydrogens is 398 g/mol. The maximum atomic E-state index is 13.0. The molecule has 0 aliphatic heterocycles. The largest absolute Gasteiger partial charge is 0.379 e. The van der Waals surface area contributed by atoms with Crippen molar-refractivity contribution in [1.82, 2.24) is 14.9 Å². The first-order valence-electron chi connectivity index (χ1n) is 9.59. The average molecular weight is 426 g/mol. The molecular formula is C20H28ClN3O3S. The molecule has 0 spiro atoms. The third-order valence-corrected chi connectivity index (χ3v) is 5.39. The van der Waals surface area contributed by atoms with Gasteiger partial charge in [0.1, 0.15) is 0 Å². The SMILES string of the molecule is CCCNC(=O)[C@@H](C)Sc1nc2cc(Cl)ccc2c(=O)n1CCCOC(C)C. The zero-order chi connectivity index (χ0) is 20.7. The lowest BCUT2D eigenvalue weighted by Gasteiger charge is -2.16. The number of carbonyl (C=O) groups excluding carboxylic acids is 1. The summed E-state index contributed by atoms with van der Waals surface area (Å²) in [6, 6.07) is 5.06. The molecule has 0 fully saturated rings.